The van der Waals surface area contributed by atoms with E-state index in [1.54, 1.807) is 24.3 Å². The third kappa shape index (κ3) is 19.6. The molecule has 1 aromatic rings. The number of benzene rings is 1. The van der Waals surface area contributed by atoms with Gasteiger partial charge in [0, 0.05) is 0 Å². The van der Waals surface area contributed by atoms with Crippen LogP contribution in [0.25, 0.3) is 0 Å². The second kappa shape index (κ2) is 22.3. The average molecular weight is 461 g/mol. The number of hydrogen-bond donors (Lipinski definition) is 1. The third-order valence-corrected chi connectivity index (χ3v) is 6.55. The topological polar surface area (TPSA) is 46.5 Å². The Bertz CT molecular complexity index is 552. The van der Waals surface area contributed by atoms with Gasteiger partial charge in [-0.25, -0.2) is 0 Å². The fourth-order valence-electron chi connectivity index (χ4n) is 4.37. The number of carbonyl (C=O) groups is 1. The zero-order valence-electron chi connectivity index (χ0n) is 21.6. The molecule has 0 saturated carbocycles. The largest absolute Gasteiger partial charge is 0.508 e. The molecule has 0 aromatic heterocycles. The van der Waals surface area contributed by atoms with E-state index in [1.807, 2.05) is 0 Å². The Morgan fingerprint density at radius 2 is 0.970 bits per heavy atom. The monoisotopic (exact) mass is 460 g/mol. The summed E-state index contributed by atoms with van der Waals surface area (Å²) < 4.78 is 5.31. The van der Waals surface area contributed by atoms with Crippen LogP contribution < -0.4 is 0 Å². The third-order valence-electron chi connectivity index (χ3n) is 6.55. The number of unbranched alkanes of at least 4 members (excludes halogenated alkanes) is 19. The summed E-state index contributed by atoms with van der Waals surface area (Å²) in [5.41, 5.74) is 0.876. The van der Waals surface area contributed by atoms with Gasteiger partial charge in [0.25, 0.3) is 0 Å². The van der Waals surface area contributed by atoms with E-state index in [4.69, 9.17) is 4.74 Å². The SMILES string of the molecule is CCCCCCCCCCCCCCCCCCCCCCOC(=O)Cc1ccc(O)cc1. The predicted octanol–water partition coefficient (Wildman–Crippen LogP) is 9.30. The smallest absolute Gasteiger partial charge is 0.310 e. The lowest BCUT2D eigenvalue weighted by Crippen LogP contribution is -2.09. The molecule has 33 heavy (non-hydrogen) atoms. The van der Waals surface area contributed by atoms with Crippen molar-refractivity contribution in [3.05, 3.63) is 29.8 Å². The number of phenolic OH excluding ortho intramolecular Hbond substituents is 1. The van der Waals surface area contributed by atoms with Crippen LogP contribution in [-0.2, 0) is 16.0 Å². The molecular weight excluding hydrogens is 408 g/mol. The maximum absolute atomic E-state index is 11.8. The van der Waals surface area contributed by atoms with Gasteiger partial charge < -0.3 is 9.84 Å². The van der Waals surface area contributed by atoms with Crippen molar-refractivity contribution in [1.29, 1.82) is 0 Å². The molecule has 0 saturated heterocycles. The molecule has 0 atom stereocenters. The van der Waals surface area contributed by atoms with Crippen LogP contribution in [0.3, 0.4) is 0 Å². The second-order valence-corrected chi connectivity index (χ2v) is 9.78. The summed E-state index contributed by atoms with van der Waals surface area (Å²) in [5, 5.41) is 9.26. The first-order valence-corrected chi connectivity index (χ1v) is 14.2. The molecule has 0 heterocycles. The molecule has 0 radical (unpaired) electrons. The molecule has 0 aliphatic rings. The van der Waals surface area contributed by atoms with Gasteiger partial charge in [0.05, 0.1) is 13.0 Å². The highest BCUT2D eigenvalue weighted by Gasteiger charge is 2.04. The van der Waals surface area contributed by atoms with Crippen LogP contribution in [0.4, 0.5) is 0 Å². The molecule has 1 aromatic carbocycles. The van der Waals surface area contributed by atoms with Crippen molar-refractivity contribution in [2.45, 2.75) is 142 Å². The molecule has 0 spiro atoms. The second-order valence-electron chi connectivity index (χ2n) is 9.78. The average Bonchev–Trinajstić information content (AvgIpc) is 2.81. The van der Waals surface area contributed by atoms with Gasteiger partial charge >= 0.3 is 5.97 Å². The van der Waals surface area contributed by atoms with E-state index in [9.17, 15) is 9.90 Å². The molecule has 3 heteroatoms. The highest BCUT2D eigenvalue weighted by atomic mass is 16.5. The van der Waals surface area contributed by atoms with Crippen LogP contribution in [-0.4, -0.2) is 17.7 Å². The summed E-state index contributed by atoms with van der Waals surface area (Å²) in [6.45, 7) is 2.81. The zero-order valence-corrected chi connectivity index (χ0v) is 21.6. The van der Waals surface area contributed by atoms with Crippen LogP contribution in [0.2, 0.25) is 0 Å². The molecule has 0 unspecified atom stereocenters. The molecule has 0 fully saturated rings. The minimum Gasteiger partial charge on any atom is -0.508 e. The van der Waals surface area contributed by atoms with Crippen LogP contribution in [0.15, 0.2) is 24.3 Å². The summed E-state index contributed by atoms with van der Waals surface area (Å²) in [6, 6.07) is 6.71. The van der Waals surface area contributed by atoms with Crippen molar-refractivity contribution in [1.82, 2.24) is 0 Å². The number of carbonyl (C=O) groups excluding carboxylic acids is 1. The van der Waals surface area contributed by atoms with Crippen molar-refractivity contribution in [2.24, 2.45) is 0 Å². The summed E-state index contributed by atoms with van der Waals surface area (Å²) in [5.74, 6) is 0.0370. The first kappa shape index (κ1) is 29.5. The van der Waals surface area contributed by atoms with Gasteiger partial charge in [-0.15, -0.1) is 0 Å². The molecule has 190 valence electrons. The highest BCUT2D eigenvalue weighted by molar-refractivity contribution is 5.72. The molecule has 0 bridgehead atoms. The molecule has 0 amide bonds. The number of esters is 1. The summed E-state index contributed by atoms with van der Waals surface area (Å²) in [4.78, 5) is 11.8. The van der Waals surface area contributed by atoms with E-state index in [0.29, 0.717) is 6.61 Å². The van der Waals surface area contributed by atoms with Crippen molar-refractivity contribution < 1.29 is 14.6 Å². The van der Waals surface area contributed by atoms with Gasteiger partial charge in [-0.2, -0.15) is 0 Å². The Kier molecular flexibility index (Phi) is 19.9. The van der Waals surface area contributed by atoms with Gasteiger partial charge in [0.2, 0.25) is 0 Å². The van der Waals surface area contributed by atoms with Crippen molar-refractivity contribution in [2.75, 3.05) is 6.61 Å². The number of hydrogen-bond acceptors (Lipinski definition) is 3. The number of aromatic hydroxyl groups is 1. The first-order valence-electron chi connectivity index (χ1n) is 14.2. The molecule has 0 aliphatic carbocycles. The van der Waals surface area contributed by atoms with Crippen molar-refractivity contribution >= 4 is 5.97 Å². The number of rotatable bonds is 23. The summed E-state index contributed by atoms with van der Waals surface area (Å²) >= 11 is 0. The fourth-order valence-corrected chi connectivity index (χ4v) is 4.37. The number of ether oxygens (including phenoxy) is 1. The minimum absolute atomic E-state index is 0.182. The van der Waals surface area contributed by atoms with Crippen LogP contribution in [0, 0.1) is 0 Å². The lowest BCUT2D eigenvalue weighted by atomic mass is 10.0. The Hall–Kier alpha value is -1.51. The van der Waals surface area contributed by atoms with E-state index in [1.165, 1.54) is 116 Å². The Labute approximate surface area is 204 Å². The van der Waals surface area contributed by atoms with Gasteiger partial charge in [-0.05, 0) is 24.1 Å². The van der Waals surface area contributed by atoms with Gasteiger partial charge in [-0.3, -0.25) is 4.79 Å². The van der Waals surface area contributed by atoms with Crippen molar-refractivity contribution in [3.8, 4) is 5.75 Å². The van der Waals surface area contributed by atoms with Crippen LogP contribution in [0.5, 0.6) is 5.75 Å². The van der Waals surface area contributed by atoms with Gasteiger partial charge in [0.15, 0.2) is 0 Å². The number of phenols is 1. The van der Waals surface area contributed by atoms with E-state index in [0.717, 1.165) is 18.4 Å². The highest BCUT2D eigenvalue weighted by Crippen LogP contribution is 2.15. The lowest BCUT2D eigenvalue weighted by molar-refractivity contribution is -0.142. The minimum atomic E-state index is -0.182. The molecule has 1 N–H and O–H groups in total. The van der Waals surface area contributed by atoms with E-state index < -0.39 is 0 Å². The van der Waals surface area contributed by atoms with E-state index in [-0.39, 0.29) is 18.1 Å². The maximum atomic E-state index is 11.8. The van der Waals surface area contributed by atoms with Crippen molar-refractivity contribution in [3.63, 3.8) is 0 Å². The standard InChI is InChI=1S/C30H52O3/c1-2-3-4-5-6-7-8-9-10-11-12-13-14-15-16-17-18-19-20-21-26-33-30(32)27-28-22-24-29(31)25-23-28/h22-25,31H,2-21,26-27H2,1H3. The maximum Gasteiger partial charge on any atom is 0.310 e. The van der Waals surface area contributed by atoms with Crippen LogP contribution in [0.1, 0.15) is 141 Å². The quantitative estimate of drug-likeness (QED) is 0.131. The Balaban J connectivity index is 1.73. The lowest BCUT2D eigenvalue weighted by Gasteiger charge is -2.06. The molecule has 3 nitrogen and oxygen atoms in total. The summed E-state index contributed by atoms with van der Waals surface area (Å²) in [7, 11) is 0. The van der Waals surface area contributed by atoms with Gasteiger partial charge in [-0.1, -0.05) is 141 Å². The molecular formula is C30H52O3. The molecule has 0 aliphatic heterocycles. The predicted molar refractivity (Wildman–Crippen MR) is 141 cm³/mol. The van der Waals surface area contributed by atoms with E-state index >= 15 is 0 Å². The normalized spacial score (nSPS) is 11.1. The van der Waals surface area contributed by atoms with Crippen LogP contribution >= 0.6 is 0 Å². The summed E-state index contributed by atoms with van der Waals surface area (Å²) in [6.07, 6.45) is 27.7. The first-order chi connectivity index (χ1) is 16.2. The Morgan fingerprint density at radius 3 is 1.36 bits per heavy atom. The van der Waals surface area contributed by atoms with Gasteiger partial charge in [0.1, 0.15) is 5.75 Å². The fraction of sp³-hybridized carbons (Fsp3) is 0.767. The molecule has 1 rings (SSSR count). The zero-order chi connectivity index (χ0) is 23.8. The van der Waals surface area contributed by atoms with E-state index in [2.05, 4.69) is 6.92 Å². The Morgan fingerprint density at radius 1 is 0.606 bits per heavy atom.